The monoisotopic (exact) mass is 166 g/mol. The van der Waals surface area contributed by atoms with E-state index in [9.17, 15) is 0 Å². The van der Waals surface area contributed by atoms with Crippen molar-refractivity contribution in [2.24, 2.45) is 0 Å². The summed E-state index contributed by atoms with van der Waals surface area (Å²) in [5.41, 5.74) is 0. The third-order valence-corrected chi connectivity index (χ3v) is 2.07. The van der Waals surface area contributed by atoms with E-state index in [4.69, 9.17) is 3.79 Å². The van der Waals surface area contributed by atoms with Crippen molar-refractivity contribution in [3.63, 3.8) is 0 Å². The Morgan fingerprint density at radius 2 is 2.00 bits per heavy atom. The molecule has 0 aliphatic carbocycles. The highest BCUT2D eigenvalue weighted by Crippen LogP contribution is 2.02. The molecule has 1 atom stereocenters. The smallest absolute Gasteiger partial charge is 0.410 e. The molecular formula is C6H16AlClO. The van der Waals surface area contributed by atoms with Crippen LogP contribution in [0.25, 0.3) is 0 Å². The van der Waals surface area contributed by atoms with Crippen LogP contribution in [0.2, 0.25) is 0 Å². The summed E-state index contributed by atoms with van der Waals surface area (Å²) in [5, 5.41) is 0. The van der Waals surface area contributed by atoms with Crippen LogP contribution in [0.5, 0.6) is 0 Å². The fourth-order valence-electron chi connectivity index (χ4n) is 0.811. The number of hydrogen-bond donors (Lipinski definition) is 0. The average Bonchev–Trinajstić information content (AvgIpc) is 1.83. The Morgan fingerprint density at radius 3 is 2.11 bits per heavy atom. The predicted molar refractivity (Wildman–Crippen MR) is 45.9 cm³/mol. The molecular weight excluding hydrogens is 150 g/mol. The lowest BCUT2D eigenvalue weighted by atomic mass is 10.2. The van der Waals surface area contributed by atoms with E-state index in [2.05, 4.69) is 13.8 Å². The number of halogens is 1. The Labute approximate surface area is 72.3 Å². The minimum Gasteiger partial charge on any atom is -0.504 e. The Morgan fingerprint density at radius 1 is 1.44 bits per heavy atom. The molecule has 0 radical (unpaired) electrons. The van der Waals surface area contributed by atoms with Crippen LogP contribution in [0.1, 0.15) is 33.1 Å². The quantitative estimate of drug-likeness (QED) is 0.576. The summed E-state index contributed by atoms with van der Waals surface area (Å²) in [6, 6.07) is 0. The molecule has 0 spiro atoms. The second-order valence-corrected chi connectivity index (χ2v) is 2.53. The van der Waals surface area contributed by atoms with Gasteiger partial charge in [0.1, 0.15) is 0 Å². The molecule has 56 valence electrons. The van der Waals surface area contributed by atoms with E-state index in [0.29, 0.717) is 6.10 Å². The van der Waals surface area contributed by atoms with Crippen LogP contribution in [-0.2, 0) is 3.79 Å². The largest absolute Gasteiger partial charge is 0.504 e. The minimum atomic E-state index is 0. The van der Waals surface area contributed by atoms with Gasteiger partial charge in [-0.25, -0.2) is 0 Å². The van der Waals surface area contributed by atoms with Crippen molar-refractivity contribution in [2.45, 2.75) is 39.2 Å². The maximum atomic E-state index is 5.28. The van der Waals surface area contributed by atoms with Crippen LogP contribution in [-0.4, -0.2) is 22.7 Å². The van der Waals surface area contributed by atoms with Crippen molar-refractivity contribution in [2.75, 3.05) is 0 Å². The lowest BCUT2D eigenvalue weighted by molar-refractivity contribution is 0.204. The zero-order valence-electron chi connectivity index (χ0n) is 6.52. The van der Waals surface area contributed by atoms with E-state index in [-0.39, 0.29) is 12.4 Å². The SMILES string of the molecule is CCCC(CC)[O][AlH2].Cl. The van der Waals surface area contributed by atoms with Gasteiger partial charge in [-0.15, -0.1) is 12.4 Å². The van der Waals surface area contributed by atoms with Crippen LogP contribution in [0.4, 0.5) is 0 Å². The van der Waals surface area contributed by atoms with E-state index < -0.39 is 0 Å². The van der Waals surface area contributed by atoms with Crippen LogP contribution in [0, 0.1) is 0 Å². The van der Waals surface area contributed by atoms with Crippen LogP contribution in [0.15, 0.2) is 0 Å². The first-order valence-electron chi connectivity index (χ1n) is 3.37. The normalized spacial score (nSPS) is 12.2. The molecule has 0 amide bonds. The lowest BCUT2D eigenvalue weighted by Gasteiger charge is -2.11. The van der Waals surface area contributed by atoms with Crippen molar-refractivity contribution in [1.82, 2.24) is 0 Å². The Hall–Kier alpha value is 0.782. The van der Waals surface area contributed by atoms with Crippen LogP contribution >= 0.6 is 12.4 Å². The highest BCUT2D eigenvalue weighted by atomic mass is 35.5. The zero-order valence-corrected chi connectivity index (χ0v) is 9.33. The molecule has 0 aromatic carbocycles. The van der Waals surface area contributed by atoms with Gasteiger partial charge in [-0.3, -0.25) is 0 Å². The minimum absolute atomic E-state index is 0. The summed E-state index contributed by atoms with van der Waals surface area (Å²) in [7, 11) is 0. The second-order valence-electron chi connectivity index (χ2n) is 2.05. The molecule has 0 aliphatic rings. The fraction of sp³-hybridized carbons (Fsp3) is 1.00. The second kappa shape index (κ2) is 8.78. The van der Waals surface area contributed by atoms with E-state index in [0.717, 1.165) is 16.6 Å². The first-order valence-corrected chi connectivity index (χ1v) is 4.19. The average molecular weight is 167 g/mol. The zero-order chi connectivity index (χ0) is 6.41. The van der Waals surface area contributed by atoms with Gasteiger partial charge in [-0.1, -0.05) is 20.3 Å². The molecule has 1 nitrogen and oxygen atoms in total. The summed E-state index contributed by atoms with van der Waals surface area (Å²) < 4.78 is 5.28. The van der Waals surface area contributed by atoms with Gasteiger partial charge in [-0.05, 0) is 12.8 Å². The molecule has 0 saturated heterocycles. The van der Waals surface area contributed by atoms with E-state index in [1.54, 1.807) is 0 Å². The highest BCUT2D eigenvalue weighted by molar-refractivity contribution is 5.98. The number of hydrogen-bond acceptors (Lipinski definition) is 1. The molecule has 0 saturated carbocycles. The highest BCUT2D eigenvalue weighted by Gasteiger charge is 1.98. The van der Waals surface area contributed by atoms with Gasteiger partial charge >= 0.3 is 16.6 Å². The van der Waals surface area contributed by atoms with Gasteiger partial charge in [-0.2, -0.15) is 0 Å². The van der Waals surface area contributed by atoms with E-state index in [1.165, 1.54) is 19.3 Å². The topological polar surface area (TPSA) is 9.23 Å². The first-order chi connectivity index (χ1) is 3.85. The third-order valence-electron chi connectivity index (χ3n) is 1.40. The summed E-state index contributed by atoms with van der Waals surface area (Å²) in [4.78, 5) is 0. The summed E-state index contributed by atoms with van der Waals surface area (Å²) in [5.74, 6) is 0. The lowest BCUT2D eigenvalue weighted by Crippen LogP contribution is -2.08. The molecule has 0 aromatic rings. The van der Waals surface area contributed by atoms with E-state index >= 15 is 0 Å². The van der Waals surface area contributed by atoms with Crippen molar-refractivity contribution in [1.29, 1.82) is 0 Å². The van der Waals surface area contributed by atoms with Crippen LogP contribution < -0.4 is 0 Å². The van der Waals surface area contributed by atoms with Gasteiger partial charge < -0.3 is 3.79 Å². The maximum absolute atomic E-state index is 5.28. The molecule has 0 fully saturated rings. The van der Waals surface area contributed by atoms with Crippen molar-refractivity contribution in [3.05, 3.63) is 0 Å². The van der Waals surface area contributed by atoms with Gasteiger partial charge in [0.25, 0.3) is 0 Å². The standard InChI is InChI=1S/C6H13O.Al.ClH.2H/c1-3-5-6(7)4-2;;;;/h6H,3-5H2,1-2H3;;1H;;/q-1;+1;;;. The summed E-state index contributed by atoms with van der Waals surface area (Å²) in [6.07, 6.45) is 4.23. The maximum Gasteiger partial charge on any atom is 0.410 e. The number of rotatable bonds is 4. The van der Waals surface area contributed by atoms with Gasteiger partial charge in [0.05, 0.1) is 0 Å². The van der Waals surface area contributed by atoms with Gasteiger partial charge in [0, 0.05) is 6.10 Å². The molecule has 1 unspecified atom stereocenters. The fourth-order valence-corrected chi connectivity index (χ4v) is 1.38. The van der Waals surface area contributed by atoms with E-state index in [1.807, 2.05) is 0 Å². The Bertz CT molecular complexity index is 48.3. The van der Waals surface area contributed by atoms with Crippen LogP contribution in [0.3, 0.4) is 0 Å². The molecule has 9 heavy (non-hydrogen) atoms. The van der Waals surface area contributed by atoms with Crippen molar-refractivity contribution < 1.29 is 3.79 Å². The molecule has 3 heteroatoms. The molecule has 0 aliphatic heterocycles. The molecule has 0 rings (SSSR count). The first kappa shape index (κ1) is 12.5. The summed E-state index contributed by atoms with van der Waals surface area (Å²) in [6.45, 7) is 4.38. The molecule has 0 N–H and O–H groups in total. The third kappa shape index (κ3) is 6.67. The molecule has 0 bridgehead atoms. The van der Waals surface area contributed by atoms with Gasteiger partial charge in [0.2, 0.25) is 0 Å². The van der Waals surface area contributed by atoms with Gasteiger partial charge in [0.15, 0.2) is 0 Å². The van der Waals surface area contributed by atoms with Crippen molar-refractivity contribution in [3.8, 4) is 0 Å². The molecule has 0 aromatic heterocycles. The van der Waals surface area contributed by atoms with Crippen molar-refractivity contribution >= 4 is 29.0 Å². The Balaban J connectivity index is 0. The molecule has 0 heterocycles. The summed E-state index contributed by atoms with van der Waals surface area (Å²) >= 11 is 0.896. The Kier molecular flexibility index (Phi) is 12.2. The predicted octanol–water partition coefficient (Wildman–Crippen LogP) is 1.55.